The van der Waals surface area contributed by atoms with Gasteiger partial charge in [-0.05, 0) is 96.3 Å². The van der Waals surface area contributed by atoms with Crippen LogP contribution in [-0.4, -0.2) is 34.9 Å². The van der Waals surface area contributed by atoms with Crippen molar-refractivity contribution in [3.05, 3.63) is 134 Å². The molecule has 0 bridgehead atoms. The number of nitrogens with one attached hydrogen (secondary N) is 1. The van der Waals surface area contributed by atoms with E-state index in [1.54, 1.807) is 6.08 Å². The van der Waals surface area contributed by atoms with E-state index in [2.05, 4.69) is 141 Å². The molecule has 0 aliphatic heterocycles. The van der Waals surface area contributed by atoms with Crippen LogP contribution in [0.15, 0.2) is 134 Å². The lowest BCUT2D eigenvalue weighted by Crippen LogP contribution is -2.45. The normalized spacial score (nSPS) is 13.7. The molecule has 4 nitrogen and oxygen atoms in total. The van der Waals surface area contributed by atoms with Gasteiger partial charge in [0, 0.05) is 6.42 Å². The first-order chi connectivity index (χ1) is 37.7. The van der Waals surface area contributed by atoms with Gasteiger partial charge in [0.05, 0.1) is 18.8 Å². The number of hydrogen-bond donors (Lipinski definition) is 3. The van der Waals surface area contributed by atoms with Crippen molar-refractivity contribution in [2.24, 2.45) is 0 Å². The fourth-order valence-corrected chi connectivity index (χ4v) is 9.27. The SMILES string of the molecule is CC/C=C\C/C=C\C/C=C\C/C=C\C/C=C\C/C=C\C/C=C\C/C=C\C/C=C\C/C=C\CCCCCCCCC(=O)NC(CO)C(O)/C=C/CCCCCCCCCCCCCCCCCCCCCCCCCCC. The van der Waals surface area contributed by atoms with Crippen LogP contribution in [0.1, 0.15) is 296 Å². The topological polar surface area (TPSA) is 69.6 Å². The molecule has 76 heavy (non-hydrogen) atoms. The van der Waals surface area contributed by atoms with Crippen molar-refractivity contribution in [2.75, 3.05) is 6.61 Å². The summed E-state index contributed by atoms with van der Waals surface area (Å²) >= 11 is 0. The van der Waals surface area contributed by atoms with E-state index in [0.29, 0.717) is 6.42 Å². The lowest BCUT2D eigenvalue weighted by Gasteiger charge is -2.20. The summed E-state index contributed by atoms with van der Waals surface area (Å²) in [5.41, 5.74) is 0. The van der Waals surface area contributed by atoms with Gasteiger partial charge in [-0.25, -0.2) is 0 Å². The Bertz CT molecular complexity index is 1520. The number of unbranched alkanes of at least 4 members (excludes halogenated alkanes) is 31. The Morgan fingerprint density at radius 3 is 0.868 bits per heavy atom. The molecule has 0 spiro atoms. The highest BCUT2D eigenvalue weighted by atomic mass is 16.3. The van der Waals surface area contributed by atoms with Crippen LogP contribution in [0.4, 0.5) is 0 Å². The van der Waals surface area contributed by atoms with Crippen LogP contribution in [-0.2, 0) is 4.79 Å². The minimum absolute atomic E-state index is 0.0810. The minimum atomic E-state index is -0.857. The zero-order chi connectivity index (χ0) is 54.8. The number of hydrogen-bond acceptors (Lipinski definition) is 3. The summed E-state index contributed by atoms with van der Waals surface area (Å²) in [4.78, 5) is 12.5. The third kappa shape index (κ3) is 61.4. The van der Waals surface area contributed by atoms with E-state index in [1.807, 2.05) is 6.08 Å². The van der Waals surface area contributed by atoms with Crippen molar-refractivity contribution in [1.29, 1.82) is 0 Å². The first-order valence-electron chi connectivity index (χ1n) is 32.4. The first kappa shape index (κ1) is 72.5. The van der Waals surface area contributed by atoms with Gasteiger partial charge in [-0.15, -0.1) is 0 Å². The summed E-state index contributed by atoms with van der Waals surface area (Å²) in [5.74, 6) is -0.0810. The molecule has 3 N–H and O–H groups in total. The molecule has 0 heterocycles. The largest absolute Gasteiger partial charge is 0.394 e. The van der Waals surface area contributed by atoms with Gasteiger partial charge in [-0.1, -0.05) is 327 Å². The summed E-state index contributed by atoms with van der Waals surface area (Å²) in [7, 11) is 0. The van der Waals surface area contributed by atoms with Gasteiger partial charge < -0.3 is 15.5 Å². The molecular formula is C72H123NO3. The van der Waals surface area contributed by atoms with E-state index in [9.17, 15) is 15.0 Å². The highest BCUT2D eigenvalue weighted by Gasteiger charge is 2.18. The van der Waals surface area contributed by atoms with Crippen LogP contribution in [0.25, 0.3) is 0 Å². The molecule has 0 radical (unpaired) electrons. The molecule has 2 unspecified atom stereocenters. The molecule has 0 aliphatic carbocycles. The third-order valence-corrected chi connectivity index (χ3v) is 14.1. The summed E-state index contributed by atoms with van der Waals surface area (Å²) in [5, 5.41) is 23.2. The second-order valence-electron chi connectivity index (χ2n) is 21.5. The van der Waals surface area contributed by atoms with Crippen molar-refractivity contribution >= 4 is 5.91 Å². The van der Waals surface area contributed by atoms with Crippen molar-refractivity contribution in [3.8, 4) is 0 Å². The Morgan fingerprint density at radius 1 is 0.329 bits per heavy atom. The van der Waals surface area contributed by atoms with E-state index in [0.717, 1.165) is 103 Å². The van der Waals surface area contributed by atoms with Crippen LogP contribution < -0.4 is 5.32 Å². The average Bonchev–Trinajstić information content (AvgIpc) is 3.42. The predicted molar refractivity (Wildman–Crippen MR) is 340 cm³/mol. The number of aliphatic hydroxyl groups excluding tert-OH is 2. The molecular weight excluding hydrogens is 927 g/mol. The van der Waals surface area contributed by atoms with Crippen molar-refractivity contribution in [3.63, 3.8) is 0 Å². The Kier molecular flexibility index (Phi) is 62.8. The third-order valence-electron chi connectivity index (χ3n) is 14.1. The zero-order valence-electron chi connectivity index (χ0n) is 50.0. The number of allylic oxidation sites excluding steroid dienone is 21. The molecule has 0 aromatic carbocycles. The zero-order valence-corrected chi connectivity index (χ0v) is 50.0. The maximum Gasteiger partial charge on any atom is 0.220 e. The van der Waals surface area contributed by atoms with E-state index < -0.39 is 12.1 Å². The average molecular weight is 1050 g/mol. The molecule has 0 aromatic rings. The minimum Gasteiger partial charge on any atom is -0.394 e. The number of amides is 1. The van der Waals surface area contributed by atoms with Gasteiger partial charge in [0.25, 0.3) is 0 Å². The van der Waals surface area contributed by atoms with Gasteiger partial charge in [0.15, 0.2) is 0 Å². The van der Waals surface area contributed by atoms with E-state index >= 15 is 0 Å². The van der Waals surface area contributed by atoms with E-state index in [1.165, 1.54) is 173 Å². The first-order valence-corrected chi connectivity index (χ1v) is 32.4. The highest BCUT2D eigenvalue weighted by Crippen LogP contribution is 2.17. The lowest BCUT2D eigenvalue weighted by molar-refractivity contribution is -0.123. The molecule has 0 aliphatic rings. The second kappa shape index (κ2) is 65.8. The molecule has 0 rings (SSSR count). The van der Waals surface area contributed by atoms with Crippen molar-refractivity contribution < 1.29 is 15.0 Å². The molecule has 4 heteroatoms. The standard InChI is InChI=1S/C72H123NO3/c1-3-5-7-9-11-13-15-17-19-21-23-25-27-29-31-32-33-34-35-36-37-38-39-40-42-44-46-48-50-52-54-56-58-60-62-64-66-68-72(76)73-70(69-74)71(75)67-65-63-61-59-57-55-53-51-49-47-45-43-41-30-28-26-24-22-20-18-16-14-12-10-8-6-4-2/h5,7,11,13,17,19,23,25,29,31,33-34,36-37,39-40,44,46,50,52,65,67,70-71,74-75H,3-4,6,8-10,12,14-16,18,20-22,24,26-28,30,32,35,38,41-43,45,47-49,51,53-64,66,68-69H2,1-2H3,(H,73,76)/b7-5-,13-11-,19-17-,25-23-,31-29-,34-33-,37-36-,40-39-,46-44-,52-50-,67-65+. The smallest absolute Gasteiger partial charge is 0.220 e. The van der Waals surface area contributed by atoms with E-state index in [-0.39, 0.29) is 12.5 Å². The molecule has 0 saturated heterocycles. The second-order valence-corrected chi connectivity index (χ2v) is 21.5. The molecule has 2 atom stereocenters. The maximum absolute atomic E-state index is 12.5. The number of carbonyl (C=O) groups excluding carboxylic acids is 1. The number of rotatable bonds is 58. The number of aliphatic hydroxyl groups is 2. The Labute approximate surface area is 472 Å². The van der Waals surface area contributed by atoms with Crippen molar-refractivity contribution in [2.45, 2.75) is 309 Å². The monoisotopic (exact) mass is 1050 g/mol. The van der Waals surface area contributed by atoms with Crippen molar-refractivity contribution in [1.82, 2.24) is 5.32 Å². The quantitative estimate of drug-likeness (QED) is 0.0420. The molecule has 434 valence electrons. The van der Waals surface area contributed by atoms with Gasteiger partial charge in [-0.3, -0.25) is 4.79 Å². The Balaban J connectivity index is 3.61. The van der Waals surface area contributed by atoms with Crippen LogP contribution in [0, 0.1) is 0 Å². The number of carbonyl (C=O) groups is 1. The molecule has 1 amide bonds. The fourth-order valence-electron chi connectivity index (χ4n) is 9.27. The van der Waals surface area contributed by atoms with Crippen LogP contribution in [0.2, 0.25) is 0 Å². The molecule has 0 aromatic heterocycles. The molecule has 0 saturated carbocycles. The Hall–Kier alpha value is -3.47. The van der Waals surface area contributed by atoms with Crippen LogP contribution in [0.3, 0.4) is 0 Å². The van der Waals surface area contributed by atoms with E-state index in [4.69, 9.17) is 0 Å². The summed E-state index contributed by atoms with van der Waals surface area (Å²) < 4.78 is 0. The highest BCUT2D eigenvalue weighted by molar-refractivity contribution is 5.76. The summed E-state index contributed by atoms with van der Waals surface area (Å²) in [6.45, 7) is 4.20. The fraction of sp³-hybridized carbons (Fsp3) is 0.681. The van der Waals surface area contributed by atoms with Crippen LogP contribution >= 0.6 is 0 Å². The predicted octanol–water partition coefficient (Wildman–Crippen LogP) is 22.1. The van der Waals surface area contributed by atoms with Gasteiger partial charge in [0.1, 0.15) is 0 Å². The van der Waals surface area contributed by atoms with Gasteiger partial charge in [0.2, 0.25) is 5.91 Å². The molecule has 0 fully saturated rings. The summed E-state index contributed by atoms with van der Waals surface area (Å²) in [6, 6.07) is -0.642. The van der Waals surface area contributed by atoms with Gasteiger partial charge in [-0.2, -0.15) is 0 Å². The maximum atomic E-state index is 12.5. The Morgan fingerprint density at radius 2 is 0.579 bits per heavy atom. The summed E-state index contributed by atoms with van der Waals surface area (Å²) in [6.07, 6.45) is 102. The lowest BCUT2D eigenvalue weighted by atomic mass is 10.0. The van der Waals surface area contributed by atoms with Gasteiger partial charge >= 0.3 is 0 Å². The van der Waals surface area contributed by atoms with Crippen LogP contribution in [0.5, 0.6) is 0 Å².